The second kappa shape index (κ2) is 14.0. The molecule has 3 N–H and O–H groups in total. The molecule has 0 aliphatic carbocycles. The van der Waals surface area contributed by atoms with E-state index >= 15 is 0 Å². The van der Waals surface area contributed by atoms with E-state index in [0.29, 0.717) is 0 Å². The van der Waals surface area contributed by atoms with Gasteiger partial charge in [-0.05, 0) is 64.5 Å². The van der Waals surface area contributed by atoms with Gasteiger partial charge in [-0.25, -0.2) is 0 Å². The average molecular weight is 527 g/mol. The summed E-state index contributed by atoms with van der Waals surface area (Å²) in [6.07, 6.45) is 7.52. The Morgan fingerprint density at radius 3 is 1.89 bits per heavy atom. The zero-order valence-electron chi connectivity index (χ0n) is 25.4. The van der Waals surface area contributed by atoms with Crippen molar-refractivity contribution in [3.8, 4) is 5.75 Å². The third kappa shape index (κ3) is 8.07. The van der Waals surface area contributed by atoms with Gasteiger partial charge in [0, 0.05) is 0 Å². The Morgan fingerprint density at radius 1 is 0.763 bits per heavy atom. The number of ether oxygens (including phenoxy) is 1. The van der Waals surface area contributed by atoms with Crippen LogP contribution in [0.15, 0.2) is 36.4 Å². The monoisotopic (exact) mass is 526 g/mol. The molecule has 2 rings (SSSR count). The highest BCUT2D eigenvalue weighted by Crippen LogP contribution is 2.45. The minimum Gasteiger partial charge on any atom is -0.485 e. The molecular formula is C34H54O4. The highest BCUT2D eigenvalue weighted by molar-refractivity contribution is 5.47. The first-order valence-electron chi connectivity index (χ1n) is 14.6. The van der Waals surface area contributed by atoms with Crippen molar-refractivity contribution in [3.05, 3.63) is 64.2 Å². The molecule has 38 heavy (non-hydrogen) atoms. The van der Waals surface area contributed by atoms with Gasteiger partial charge in [0.25, 0.3) is 0 Å². The maximum atomic E-state index is 10.6. The smallest absolute Gasteiger partial charge is 0.136 e. The lowest BCUT2D eigenvalue weighted by atomic mass is 9.71. The second-order valence-electron chi connectivity index (χ2n) is 13.2. The van der Waals surface area contributed by atoms with E-state index in [1.807, 2.05) is 18.2 Å². The molecule has 0 aliphatic heterocycles. The lowest BCUT2D eigenvalue weighted by Crippen LogP contribution is -2.44. The molecule has 2 aromatic rings. The van der Waals surface area contributed by atoms with Gasteiger partial charge in [0.2, 0.25) is 0 Å². The molecule has 0 amide bonds. The van der Waals surface area contributed by atoms with Crippen LogP contribution in [0.25, 0.3) is 0 Å². The summed E-state index contributed by atoms with van der Waals surface area (Å²) in [6, 6.07) is 12.5. The van der Waals surface area contributed by atoms with Gasteiger partial charge in [-0.1, -0.05) is 111 Å². The third-order valence-electron chi connectivity index (χ3n) is 7.84. The minimum absolute atomic E-state index is 0.0363. The molecule has 214 valence electrons. The van der Waals surface area contributed by atoms with E-state index in [1.165, 1.54) is 37.7 Å². The van der Waals surface area contributed by atoms with E-state index in [4.69, 9.17) is 4.74 Å². The van der Waals surface area contributed by atoms with E-state index in [1.54, 1.807) is 0 Å². The number of unbranched alkanes of at least 4 members (excludes halogenated alkanes) is 5. The van der Waals surface area contributed by atoms with Crippen molar-refractivity contribution in [2.75, 3.05) is 19.8 Å². The fourth-order valence-corrected chi connectivity index (χ4v) is 5.14. The van der Waals surface area contributed by atoms with Crippen molar-refractivity contribution in [1.29, 1.82) is 0 Å². The summed E-state index contributed by atoms with van der Waals surface area (Å²) in [4.78, 5) is 0. The topological polar surface area (TPSA) is 69.9 Å². The van der Waals surface area contributed by atoms with Crippen molar-refractivity contribution < 1.29 is 20.1 Å². The first-order valence-corrected chi connectivity index (χ1v) is 14.6. The van der Waals surface area contributed by atoms with Gasteiger partial charge in [0.1, 0.15) is 11.9 Å². The Morgan fingerprint density at radius 2 is 1.34 bits per heavy atom. The zero-order valence-corrected chi connectivity index (χ0v) is 25.4. The summed E-state index contributed by atoms with van der Waals surface area (Å²) in [5, 5.41) is 31.7. The number of hydrogen-bond donors (Lipinski definition) is 3. The molecule has 0 aliphatic rings. The van der Waals surface area contributed by atoms with Crippen LogP contribution in [0.4, 0.5) is 0 Å². The molecular weight excluding hydrogens is 472 g/mol. The summed E-state index contributed by atoms with van der Waals surface area (Å²) in [6.45, 7) is 16.3. The van der Waals surface area contributed by atoms with Gasteiger partial charge in [-0.15, -0.1) is 0 Å². The van der Waals surface area contributed by atoms with Gasteiger partial charge in [-0.3, -0.25) is 0 Å². The molecule has 1 unspecified atom stereocenters. The van der Waals surface area contributed by atoms with Crippen LogP contribution in [-0.2, 0) is 17.3 Å². The Kier molecular flexibility index (Phi) is 11.9. The van der Waals surface area contributed by atoms with Crippen molar-refractivity contribution >= 4 is 0 Å². The van der Waals surface area contributed by atoms with Crippen molar-refractivity contribution in [2.45, 2.75) is 117 Å². The SMILES string of the molecule is CCCCCCCCc1ccccc1OC(c1c(C)cc(C(C)(C)C)cc1C(C)(C)C)C(CO)(CO)CO. The van der Waals surface area contributed by atoms with Crippen molar-refractivity contribution in [2.24, 2.45) is 5.41 Å². The van der Waals surface area contributed by atoms with Crippen LogP contribution >= 0.6 is 0 Å². The number of rotatable bonds is 14. The molecule has 0 heterocycles. The predicted octanol–water partition coefficient (Wildman–Crippen LogP) is 7.58. The average Bonchev–Trinajstić information content (AvgIpc) is 2.86. The van der Waals surface area contributed by atoms with Gasteiger partial charge in [-0.2, -0.15) is 0 Å². The quantitative estimate of drug-likeness (QED) is 0.222. The molecule has 0 fully saturated rings. The number of hydrogen-bond acceptors (Lipinski definition) is 4. The molecule has 0 spiro atoms. The van der Waals surface area contributed by atoms with Crippen LogP contribution in [0.2, 0.25) is 0 Å². The lowest BCUT2D eigenvalue weighted by molar-refractivity contribution is -0.0752. The molecule has 0 saturated carbocycles. The van der Waals surface area contributed by atoms with Gasteiger partial charge < -0.3 is 20.1 Å². The standard InChI is InChI=1S/C34H54O4/c1-9-10-11-12-13-14-17-26-18-15-16-19-29(26)38-31(34(22-35,23-36)24-37)30-25(2)20-27(32(3,4)5)21-28(30)33(6,7)8/h15-16,18-21,31,35-37H,9-14,17,22-24H2,1-8H3. The molecule has 0 aromatic heterocycles. The Hall–Kier alpha value is -1.88. The molecule has 4 heteroatoms. The van der Waals surface area contributed by atoms with E-state index in [-0.39, 0.29) is 10.8 Å². The van der Waals surface area contributed by atoms with Crippen molar-refractivity contribution in [3.63, 3.8) is 0 Å². The first-order chi connectivity index (χ1) is 17.8. The number of benzene rings is 2. The first kappa shape index (κ1) is 32.3. The number of aliphatic hydroxyl groups is 3. The normalized spacial score (nSPS) is 13.6. The molecule has 4 nitrogen and oxygen atoms in total. The predicted molar refractivity (Wildman–Crippen MR) is 159 cm³/mol. The summed E-state index contributed by atoms with van der Waals surface area (Å²) in [7, 11) is 0. The molecule has 0 radical (unpaired) electrons. The fraction of sp³-hybridized carbons (Fsp3) is 0.647. The van der Waals surface area contributed by atoms with Crippen LogP contribution < -0.4 is 4.74 Å². The van der Waals surface area contributed by atoms with Crippen LogP contribution in [0.1, 0.15) is 121 Å². The van der Waals surface area contributed by atoms with Gasteiger partial charge >= 0.3 is 0 Å². The van der Waals surface area contributed by atoms with Crippen LogP contribution in [-0.4, -0.2) is 35.1 Å². The lowest BCUT2D eigenvalue weighted by Gasteiger charge is -2.41. The van der Waals surface area contributed by atoms with Gasteiger partial charge in [0.15, 0.2) is 0 Å². The van der Waals surface area contributed by atoms with Crippen LogP contribution in [0.3, 0.4) is 0 Å². The summed E-state index contributed by atoms with van der Waals surface area (Å²) >= 11 is 0. The van der Waals surface area contributed by atoms with E-state index in [0.717, 1.165) is 40.8 Å². The molecule has 0 bridgehead atoms. The maximum absolute atomic E-state index is 10.6. The Bertz CT molecular complexity index is 984. The number of aliphatic hydroxyl groups excluding tert-OH is 3. The zero-order chi connectivity index (χ0) is 28.6. The second-order valence-corrected chi connectivity index (χ2v) is 13.2. The van der Waals surface area contributed by atoms with E-state index < -0.39 is 31.3 Å². The number of aryl methyl sites for hydroxylation is 2. The van der Waals surface area contributed by atoms with Crippen LogP contribution in [0, 0.1) is 12.3 Å². The molecule has 1 atom stereocenters. The highest BCUT2D eigenvalue weighted by atomic mass is 16.5. The summed E-state index contributed by atoms with van der Waals surface area (Å²) in [5.74, 6) is 0.755. The Balaban J connectivity index is 2.61. The maximum Gasteiger partial charge on any atom is 0.136 e. The third-order valence-corrected chi connectivity index (χ3v) is 7.84. The molecule has 0 saturated heterocycles. The van der Waals surface area contributed by atoms with E-state index in [9.17, 15) is 15.3 Å². The number of para-hydroxylation sites is 1. The largest absolute Gasteiger partial charge is 0.485 e. The van der Waals surface area contributed by atoms with Gasteiger partial charge in [0.05, 0.1) is 25.2 Å². The highest BCUT2D eigenvalue weighted by Gasteiger charge is 2.44. The van der Waals surface area contributed by atoms with Crippen LogP contribution in [0.5, 0.6) is 5.75 Å². The molecule has 2 aromatic carbocycles. The van der Waals surface area contributed by atoms with Crippen molar-refractivity contribution in [1.82, 2.24) is 0 Å². The van der Waals surface area contributed by atoms with E-state index in [2.05, 4.69) is 73.6 Å². The fourth-order valence-electron chi connectivity index (χ4n) is 5.14. The summed E-state index contributed by atoms with van der Waals surface area (Å²) < 4.78 is 6.83. The Labute approximate surface area is 232 Å². The summed E-state index contributed by atoms with van der Waals surface area (Å²) in [5.41, 5.74) is 3.95. The minimum atomic E-state index is -1.25.